The van der Waals surface area contributed by atoms with Crippen LogP contribution in [0, 0.1) is 24.1 Å². The fourth-order valence-electron chi connectivity index (χ4n) is 3.75. The number of carbonyl (C=O) groups excluding carboxylic acids is 1. The lowest BCUT2D eigenvalue weighted by Gasteiger charge is -2.26. The Balaban J connectivity index is 1.69. The first-order valence-electron chi connectivity index (χ1n) is 9.15. The predicted octanol–water partition coefficient (Wildman–Crippen LogP) is 3.97. The molecule has 0 spiro atoms. The van der Waals surface area contributed by atoms with Crippen molar-refractivity contribution in [1.82, 2.24) is 9.88 Å². The van der Waals surface area contributed by atoms with Crippen molar-refractivity contribution in [3.63, 3.8) is 0 Å². The Labute approximate surface area is 166 Å². The number of pyridine rings is 1. The number of anilines is 1. The average molecular weight is 394 g/mol. The molecule has 0 aliphatic carbocycles. The zero-order valence-corrected chi connectivity index (χ0v) is 16.3. The van der Waals surface area contributed by atoms with Gasteiger partial charge in [0.15, 0.2) is 0 Å². The van der Waals surface area contributed by atoms with Gasteiger partial charge in [-0.05, 0) is 42.5 Å². The van der Waals surface area contributed by atoms with Crippen LogP contribution in [0.1, 0.15) is 27.2 Å². The van der Waals surface area contributed by atoms with E-state index in [0.717, 1.165) is 16.9 Å². The molecule has 3 aromatic rings. The molecule has 1 saturated heterocycles. The standard InChI is InChI=1S/C21H19FN4OS/c1-14-10-16(22)11-17-19(14)24-13-15(12-23)20(17)25-5-3-6-26(8-7-25)21(27)18-4-2-9-28-18/h2,4,9-11,13H,3,5-8H2,1H3. The molecular formula is C21H19FN4OS. The first-order chi connectivity index (χ1) is 13.6. The Morgan fingerprint density at radius 1 is 1.29 bits per heavy atom. The lowest BCUT2D eigenvalue weighted by molar-refractivity contribution is 0.0772. The van der Waals surface area contributed by atoms with Crippen molar-refractivity contribution in [1.29, 1.82) is 5.26 Å². The summed E-state index contributed by atoms with van der Waals surface area (Å²) in [5, 5.41) is 12.2. The van der Waals surface area contributed by atoms with Gasteiger partial charge in [-0.3, -0.25) is 9.78 Å². The van der Waals surface area contributed by atoms with Crippen LogP contribution in [0.2, 0.25) is 0 Å². The third kappa shape index (κ3) is 3.32. The molecule has 28 heavy (non-hydrogen) atoms. The molecule has 0 saturated carbocycles. The maximum Gasteiger partial charge on any atom is 0.263 e. The summed E-state index contributed by atoms with van der Waals surface area (Å²) in [5.74, 6) is -0.300. The van der Waals surface area contributed by atoms with Crippen molar-refractivity contribution in [2.24, 2.45) is 0 Å². The number of rotatable bonds is 2. The average Bonchev–Trinajstić information content (AvgIpc) is 3.11. The summed E-state index contributed by atoms with van der Waals surface area (Å²) in [4.78, 5) is 21.7. The van der Waals surface area contributed by atoms with Crippen LogP contribution in [-0.2, 0) is 0 Å². The number of carbonyl (C=O) groups is 1. The zero-order chi connectivity index (χ0) is 19.7. The third-order valence-electron chi connectivity index (χ3n) is 5.05. The van der Waals surface area contributed by atoms with E-state index in [-0.39, 0.29) is 11.7 Å². The number of thiophene rings is 1. The van der Waals surface area contributed by atoms with Crippen molar-refractivity contribution in [2.45, 2.75) is 13.3 Å². The molecule has 1 amide bonds. The van der Waals surface area contributed by atoms with E-state index < -0.39 is 0 Å². The Kier molecular flexibility index (Phi) is 4.97. The second-order valence-electron chi connectivity index (χ2n) is 6.86. The molecule has 1 fully saturated rings. The van der Waals surface area contributed by atoms with Crippen molar-refractivity contribution in [3.05, 3.63) is 57.7 Å². The number of aromatic nitrogens is 1. The molecule has 1 aliphatic rings. The molecule has 2 aromatic heterocycles. The Morgan fingerprint density at radius 2 is 2.14 bits per heavy atom. The summed E-state index contributed by atoms with van der Waals surface area (Å²) in [5.41, 5.74) is 2.58. The maximum atomic E-state index is 14.1. The molecule has 0 radical (unpaired) electrons. The molecule has 3 heterocycles. The number of hydrogen-bond acceptors (Lipinski definition) is 5. The van der Waals surface area contributed by atoms with Crippen LogP contribution in [0.25, 0.3) is 10.9 Å². The summed E-state index contributed by atoms with van der Waals surface area (Å²) in [6.07, 6.45) is 2.34. The Bertz CT molecular complexity index is 1070. The van der Waals surface area contributed by atoms with Crippen LogP contribution in [0.4, 0.5) is 10.1 Å². The number of nitriles is 1. The molecule has 142 valence electrons. The van der Waals surface area contributed by atoms with Gasteiger partial charge in [-0.15, -0.1) is 11.3 Å². The summed E-state index contributed by atoms with van der Waals surface area (Å²) in [7, 11) is 0. The van der Waals surface area contributed by atoms with Crippen molar-refractivity contribution >= 4 is 33.8 Å². The van der Waals surface area contributed by atoms with E-state index in [0.29, 0.717) is 48.3 Å². The molecule has 4 rings (SSSR count). The van der Waals surface area contributed by atoms with Crippen LogP contribution in [0.5, 0.6) is 0 Å². The predicted molar refractivity (Wildman–Crippen MR) is 108 cm³/mol. The Morgan fingerprint density at radius 3 is 2.89 bits per heavy atom. The number of nitrogens with zero attached hydrogens (tertiary/aromatic N) is 4. The highest BCUT2D eigenvalue weighted by atomic mass is 32.1. The van der Waals surface area contributed by atoms with Gasteiger partial charge in [0.1, 0.15) is 11.9 Å². The first kappa shape index (κ1) is 18.4. The van der Waals surface area contributed by atoms with Gasteiger partial charge in [-0.25, -0.2) is 4.39 Å². The Hall–Kier alpha value is -2.98. The van der Waals surface area contributed by atoms with Gasteiger partial charge >= 0.3 is 0 Å². The molecular weight excluding hydrogens is 375 g/mol. The lowest BCUT2D eigenvalue weighted by Crippen LogP contribution is -2.35. The maximum absolute atomic E-state index is 14.1. The van der Waals surface area contributed by atoms with Crippen LogP contribution in [-0.4, -0.2) is 42.0 Å². The van der Waals surface area contributed by atoms with Gasteiger partial charge in [0.25, 0.3) is 5.91 Å². The summed E-state index contributed by atoms with van der Waals surface area (Å²) >= 11 is 1.44. The molecule has 5 nitrogen and oxygen atoms in total. The van der Waals surface area contributed by atoms with Gasteiger partial charge in [-0.2, -0.15) is 5.26 Å². The highest BCUT2D eigenvalue weighted by Gasteiger charge is 2.24. The summed E-state index contributed by atoms with van der Waals surface area (Å²) in [6, 6.07) is 8.81. The highest BCUT2D eigenvalue weighted by molar-refractivity contribution is 7.12. The molecule has 1 aliphatic heterocycles. The zero-order valence-electron chi connectivity index (χ0n) is 15.5. The van der Waals surface area contributed by atoms with Gasteiger partial charge in [0, 0.05) is 37.8 Å². The number of hydrogen-bond donors (Lipinski definition) is 0. The van der Waals surface area contributed by atoms with E-state index in [1.165, 1.54) is 23.5 Å². The van der Waals surface area contributed by atoms with E-state index in [2.05, 4.69) is 16.0 Å². The molecule has 0 atom stereocenters. The van der Waals surface area contributed by atoms with Crippen LogP contribution in [0.15, 0.2) is 35.8 Å². The normalized spacial score (nSPS) is 14.8. The molecule has 0 bridgehead atoms. The quantitative estimate of drug-likeness (QED) is 0.660. The SMILES string of the molecule is Cc1cc(F)cc2c(N3CCCN(C(=O)c4cccs4)CC3)c(C#N)cnc12. The van der Waals surface area contributed by atoms with Gasteiger partial charge in [-0.1, -0.05) is 6.07 Å². The van der Waals surface area contributed by atoms with Crippen LogP contribution >= 0.6 is 11.3 Å². The van der Waals surface area contributed by atoms with Crippen molar-refractivity contribution in [3.8, 4) is 6.07 Å². The number of amides is 1. The smallest absolute Gasteiger partial charge is 0.263 e. The second-order valence-corrected chi connectivity index (χ2v) is 7.81. The topological polar surface area (TPSA) is 60.2 Å². The summed E-state index contributed by atoms with van der Waals surface area (Å²) < 4.78 is 14.1. The fourth-order valence-corrected chi connectivity index (χ4v) is 4.44. The van der Waals surface area contributed by atoms with E-state index >= 15 is 0 Å². The molecule has 0 unspecified atom stereocenters. The summed E-state index contributed by atoms with van der Waals surface area (Å²) in [6.45, 7) is 4.31. The van der Waals surface area contributed by atoms with E-state index in [9.17, 15) is 14.4 Å². The molecule has 0 N–H and O–H groups in total. The highest BCUT2D eigenvalue weighted by Crippen LogP contribution is 2.32. The minimum absolute atomic E-state index is 0.0406. The monoisotopic (exact) mass is 394 g/mol. The van der Waals surface area contributed by atoms with E-state index in [1.807, 2.05) is 29.3 Å². The van der Waals surface area contributed by atoms with Crippen LogP contribution in [0.3, 0.4) is 0 Å². The first-order valence-corrected chi connectivity index (χ1v) is 10.0. The van der Waals surface area contributed by atoms with Crippen molar-refractivity contribution < 1.29 is 9.18 Å². The third-order valence-corrected chi connectivity index (χ3v) is 5.91. The van der Waals surface area contributed by atoms with E-state index in [4.69, 9.17) is 0 Å². The largest absolute Gasteiger partial charge is 0.368 e. The van der Waals surface area contributed by atoms with Crippen molar-refractivity contribution in [2.75, 3.05) is 31.1 Å². The van der Waals surface area contributed by atoms with Gasteiger partial charge in [0.2, 0.25) is 0 Å². The number of benzene rings is 1. The van der Waals surface area contributed by atoms with Gasteiger partial charge in [0.05, 0.1) is 21.6 Å². The minimum Gasteiger partial charge on any atom is -0.368 e. The number of aryl methyl sites for hydroxylation is 1. The number of halogens is 1. The number of fused-ring (bicyclic) bond motifs is 1. The second kappa shape index (κ2) is 7.56. The molecule has 7 heteroatoms. The van der Waals surface area contributed by atoms with Gasteiger partial charge < -0.3 is 9.80 Å². The minimum atomic E-state index is -0.340. The fraction of sp³-hybridized carbons (Fsp3) is 0.286. The lowest BCUT2D eigenvalue weighted by atomic mass is 10.0. The molecule has 1 aromatic carbocycles. The van der Waals surface area contributed by atoms with Crippen LogP contribution < -0.4 is 4.90 Å². The van der Waals surface area contributed by atoms with E-state index in [1.54, 1.807) is 6.20 Å².